The topological polar surface area (TPSA) is 81.1 Å². The number of anilines is 2. The van der Waals surface area contributed by atoms with E-state index >= 15 is 0 Å². The molecule has 160 valence electrons. The number of alkyl halides is 3. The van der Waals surface area contributed by atoms with Crippen LogP contribution in [-0.2, 0) is 11.0 Å². The van der Waals surface area contributed by atoms with Gasteiger partial charge in [-0.05, 0) is 37.3 Å². The van der Waals surface area contributed by atoms with Crippen molar-refractivity contribution in [2.45, 2.75) is 19.1 Å². The second-order valence-corrected chi connectivity index (χ2v) is 6.92. The first kappa shape index (κ1) is 21.8. The lowest BCUT2D eigenvalue weighted by Crippen LogP contribution is -2.51. The van der Waals surface area contributed by atoms with Crippen LogP contribution in [0.4, 0.5) is 29.1 Å². The Morgan fingerprint density at radius 2 is 2.03 bits per heavy atom. The van der Waals surface area contributed by atoms with Gasteiger partial charge in [-0.3, -0.25) is 14.9 Å². The molecule has 0 radical (unpaired) electrons. The van der Waals surface area contributed by atoms with Gasteiger partial charge in [0.05, 0.1) is 17.1 Å². The van der Waals surface area contributed by atoms with Crippen molar-refractivity contribution in [3.05, 3.63) is 52.4 Å². The third-order valence-electron chi connectivity index (χ3n) is 4.47. The third kappa shape index (κ3) is 4.17. The van der Waals surface area contributed by atoms with Gasteiger partial charge in [0.1, 0.15) is 17.7 Å². The second kappa shape index (κ2) is 8.07. The first-order valence-electron chi connectivity index (χ1n) is 8.55. The molecule has 1 aromatic carbocycles. The van der Waals surface area contributed by atoms with Gasteiger partial charge >= 0.3 is 6.18 Å². The molecule has 0 unspecified atom stereocenters. The fraction of sp³-hybridized carbons (Fsp3) is 0.278. The van der Waals surface area contributed by atoms with E-state index in [2.05, 4.69) is 9.98 Å². The quantitative estimate of drug-likeness (QED) is 0.559. The summed E-state index contributed by atoms with van der Waals surface area (Å²) in [7, 11) is 1.40. The van der Waals surface area contributed by atoms with Crippen LogP contribution in [0, 0.1) is 12.7 Å². The predicted molar refractivity (Wildman–Crippen MR) is 102 cm³/mol. The number of hydrogen-bond donors (Lipinski definition) is 2. The molecule has 1 amide bonds. The number of nitrogens with one attached hydrogen (secondary N) is 1. The molecule has 12 heteroatoms. The molecule has 0 aliphatic carbocycles. The number of pyridine rings is 1. The van der Waals surface area contributed by atoms with E-state index < -0.39 is 29.5 Å². The summed E-state index contributed by atoms with van der Waals surface area (Å²) in [5, 5.41) is 9.17. The Labute approximate surface area is 173 Å². The second-order valence-electron chi connectivity index (χ2n) is 6.51. The number of carbonyl (C=O) groups is 1. The smallest absolute Gasteiger partial charge is 0.314 e. The highest BCUT2D eigenvalue weighted by molar-refractivity contribution is 6.31. The molecule has 2 N–H and O–H groups in total. The van der Waals surface area contributed by atoms with Crippen molar-refractivity contribution in [2.75, 3.05) is 23.4 Å². The lowest BCUT2D eigenvalue weighted by Gasteiger charge is -2.29. The van der Waals surface area contributed by atoms with Crippen LogP contribution in [0.5, 0.6) is 0 Å². The molecule has 0 saturated heterocycles. The summed E-state index contributed by atoms with van der Waals surface area (Å²) in [6.07, 6.45) is -4.63. The first-order chi connectivity index (χ1) is 14.0. The monoisotopic (exact) mass is 445 g/mol. The fourth-order valence-electron chi connectivity index (χ4n) is 3.01. The summed E-state index contributed by atoms with van der Waals surface area (Å²) < 4.78 is 53.1. The number of hydrogen-bond acceptors (Lipinski definition) is 6. The fourth-order valence-corrected chi connectivity index (χ4v) is 3.18. The van der Waals surface area contributed by atoms with Crippen LogP contribution in [0.15, 0.2) is 35.3 Å². The highest BCUT2D eigenvalue weighted by Gasteiger charge is 2.39. The molecule has 0 bridgehead atoms. The van der Waals surface area contributed by atoms with E-state index in [1.165, 1.54) is 31.0 Å². The SMILES string of the molecule is Cc1cc(C(F)(F)F)cc(N2C(NO)=NC[C@H]2C(=O)N(C)c2ccc(F)c(Cl)c2)n1. The van der Waals surface area contributed by atoms with Crippen molar-refractivity contribution in [1.82, 2.24) is 10.5 Å². The summed E-state index contributed by atoms with van der Waals surface area (Å²) >= 11 is 5.76. The van der Waals surface area contributed by atoms with Crippen LogP contribution in [-0.4, -0.2) is 41.7 Å². The summed E-state index contributed by atoms with van der Waals surface area (Å²) in [6, 6.07) is 4.18. The zero-order chi connectivity index (χ0) is 22.2. The molecule has 1 aromatic heterocycles. The molecule has 1 aliphatic heterocycles. The number of rotatable bonds is 3. The van der Waals surface area contributed by atoms with E-state index in [0.29, 0.717) is 0 Å². The number of hydroxylamine groups is 1. The number of aliphatic imine (C=N–C) groups is 1. The summed E-state index contributed by atoms with van der Waals surface area (Å²) in [5.41, 5.74) is 1.16. The molecule has 2 heterocycles. The maximum Gasteiger partial charge on any atom is 0.416 e. The molecule has 7 nitrogen and oxygen atoms in total. The van der Waals surface area contributed by atoms with Crippen LogP contribution in [0.3, 0.4) is 0 Å². The first-order valence-corrected chi connectivity index (χ1v) is 8.93. The molecule has 1 atom stereocenters. The van der Waals surface area contributed by atoms with E-state index in [-0.39, 0.29) is 34.7 Å². The average molecular weight is 446 g/mol. The van der Waals surface area contributed by atoms with Crippen molar-refractivity contribution in [2.24, 2.45) is 4.99 Å². The van der Waals surface area contributed by atoms with E-state index in [4.69, 9.17) is 11.6 Å². The zero-order valence-corrected chi connectivity index (χ0v) is 16.5. The number of carbonyl (C=O) groups excluding carboxylic acids is 1. The van der Waals surface area contributed by atoms with Crippen molar-refractivity contribution in [1.29, 1.82) is 0 Å². The highest BCUT2D eigenvalue weighted by Crippen LogP contribution is 2.33. The highest BCUT2D eigenvalue weighted by atomic mass is 35.5. The zero-order valence-electron chi connectivity index (χ0n) is 15.7. The van der Waals surface area contributed by atoms with E-state index in [9.17, 15) is 27.6 Å². The normalized spacial score (nSPS) is 16.5. The predicted octanol–water partition coefficient (Wildman–Crippen LogP) is 3.39. The molecular weight excluding hydrogens is 430 g/mol. The summed E-state index contributed by atoms with van der Waals surface area (Å²) in [5.74, 6) is -1.69. The summed E-state index contributed by atoms with van der Waals surface area (Å²) in [4.78, 5) is 23.4. The lowest BCUT2D eigenvalue weighted by atomic mass is 10.1. The Balaban J connectivity index is 1.98. The van der Waals surface area contributed by atoms with Gasteiger partial charge < -0.3 is 4.90 Å². The summed E-state index contributed by atoms with van der Waals surface area (Å²) in [6.45, 7) is 1.22. The Morgan fingerprint density at radius 1 is 1.33 bits per heavy atom. The molecule has 0 fully saturated rings. The third-order valence-corrected chi connectivity index (χ3v) is 4.76. The number of nitrogens with zero attached hydrogens (tertiary/aromatic N) is 4. The number of aromatic nitrogens is 1. The van der Waals surface area contributed by atoms with Gasteiger partial charge in [0, 0.05) is 18.4 Å². The number of aryl methyl sites for hydroxylation is 1. The van der Waals surface area contributed by atoms with Crippen LogP contribution in [0.1, 0.15) is 11.3 Å². The van der Waals surface area contributed by atoms with Crippen LogP contribution in [0.25, 0.3) is 0 Å². The van der Waals surface area contributed by atoms with E-state index in [1.807, 2.05) is 0 Å². The van der Waals surface area contributed by atoms with Crippen LogP contribution in [0.2, 0.25) is 5.02 Å². The standard InChI is InChI=1S/C18H16ClF4N5O2/c1-9-5-10(18(21,22)23)6-15(25-9)28-14(8-24-17(28)26-30)16(29)27(2)11-3-4-13(20)12(19)7-11/h3-7,14,30H,8H2,1-2H3,(H,24,26)/t14-/m0/s1. The van der Waals surface area contributed by atoms with Gasteiger partial charge in [-0.2, -0.15) is 13.2 Å². The lowest BCUT2D eigenvalue weighted by molar-refractivity contribution is -0.137. The largest absolute Gasteiger partial charge is 0.416 e. The molecule has 0 saturated carbocycles. The van der Waals surface area contributed by atoms with Crippen molar-refractivity contribution < 1.29 is 27.6 Å². The minimum absolute atomic E-state index is 0.0638. The molecule has 2 aromatic rings. The number of benzene rings is 1. The van der Waals surface area contributed by atoms with Gasteiger partial charge in [0.15, 0.2) is 0 Å². The van der Waals surface area contributed by atoms with Crippen LogP contribution < -0.4 is 15.3 Å². The molecule has 30 heavy (non-hydrogen) atoms. The number of halogens is 5. The van der Waals surface area contributed by atoms with Gasteiger partial charge in [0.2, 0.25) is 5.96 Å². The van der Waals surface area contributed by atoms with Crippen molar-refractivity contribution in [3.8, 4) is 0 Å². The maximum absolute atomic E-state index is 13.4. The minimum Gasteiger partial charge on any atom is -0.314 e. The van der Waals surface area contributed by atoms with Crippen LogP contribution >= 0.6 is 11.6 Å². The van der Waals surface area contributed by atoms with Crippen molar-refractivity contribution in [3.63, 3.8) is 0 Å². The van der Waals surface area contributed by atoms with Crippen molar-refractivity contribution >= 4 is 35.0 Å². The Bertz CT molecular complexity index is 1010. The van der Waals surface area contributed by atoms with E-state index in [1.54, 1.807) is 5.48 Å². The number of amides is 1. The molecule has 1 aliphatic rings. The van der Waals surface area contributed by atoms with Gasteiger partial charge in [-0.1, -0.05) is 11.6 Å². The Hall–Kier alpha value is -2.92. The van der Waals surface area contributed by atoms with E-state index in [0.717, 1.165) is 23.1 Å². The van der Waals surface area contributed by atoms with Gasteiger partial charge in [-0.15, -0.1) is 0 Å². The Kier molecular flexibility index (Phi) is 5.86. The molecular formula is C18H16ClF4N5O2. The van der Waals surface area contributed by atoms with Gasteiger partial charge in [0.25, 0.3) is 5.91 Å². The Morgan fingerprint density at radius 3 is 2.63 bits per heavy atom. The van der Waals surface area contributed by atoms with Gasteiger partial charge in [-0.25, -0.2) is 19.8 Å². The molecule has 0 spiro atoms. The molecule has 3 rings (SSSR count). The average Bonchev–Trinajstić information content (AvgIpc) is 3.12. The maximum atomic E-state index is 13.4. The minimum atomic E-state index is -4.63. The number of likely N-dealkylation sites (N-methyl/N-ethyl adjacent to an activating group) is 1. The number of guanidine groups is 1.